The summed E-state index contributed by atoms with van der Waals surface area (Å²) in [5.74, 6) is 0.131. The minimum Gasteiger partial charge on any atom is -0.325 e. The molecular weight excluding hydrogens is 442 g/mol. The fourth-order valence-electron chi connectivity index (χ4n) is 3.77. The van der Waals surface area contributed by atoms with Crippen LogP contribution in [-0.2, 0) is 4.79 Å². The Labute approximate surface area is 202 Å². The van der Waals surface area contributed by atoms with Crippen LogP contribution in [0.25, 0.3) is 27.8 Å². The van der Waals surface area contributed by atoms with Crippen molar-refractivity contribution in [1.82, 2.24) is 19.7 Å². The highest BCUT2D eigenvalue weighted by Gasteiger charge is 2.14. The number of carbonyl (C=O) groups excluding carboxylic acids is 1. The molecule has 0 fully saturated rings. The van der Waals surface area contributed by atoms with Crippen molar-refractivity contribution in [3.63, 3.8) is 0 Å². The number of amides is 1. The second-order valence-electron chi connectivity index (χ2n) is 7.99. The monoisotopic (exact) mass is 465 g/mol. The highest BCUT2D eigenvalue weighted by atomic mass is 32.2. The Kier molecular flexibility index (Phi) is 6.10. The summed E-state index contributed by atoms with van der Waals surface area (Å²) < 4.78 is 1.81. The number of carbonyl (C=O) groups is 1. The van der Waals surface area contributed by atoms with E-state index in [4.69, 9.17) is 0 Å². The maximum Gasteiger partial charge on any atom is 0.234 e. The molecule has 3 aromatic carbocycles. The second-order valence-corrected chi connectivity index (χ2v) is 8.95. The first-order chi connectivity index (χ1) is 16.6. The number of anilines is 1. The minimum absolute atomic E-state index is 0.0957. The largest absolute Gasteiger partial charge is 0.325 e. The summed E-state index contributed by atoms with van der Waals surface area (Å²) in [4.78, 5) is 21.7. The summed E-state index contributed by atoms with van der Waals surface area (Å²) in [5.41, 5.74) is 6.92. The molecule has 2 aromatic heterocycles. The van der Waals surface area contributed by atoms with Crippen molar-refractivity contribution in [2.45, 2.75) is 18.9 Å². The van der Waals surface area contributed by atoms with E-state index in [0.717, 1.165) is 38.6 Å². The molecule has 0 spiro atoms. The van der Waals surface area contributed by atoms with Crippen LogP contribution in [0.4, 0.5) is 5.69 Å². The molecule has 1 N–H and O–H groups in total. The van der Waals surface area contributed by atoms with Crippen LogP contribution in [0.2, 0.25) is 0 Å². The average molecular weight is 466 g/mol. The van der Waals surface area contributed by atoms with Gasteiger partial charge in [0.05, 0.1) is 23.0 Å². The normalized spacial score (nSPS) is 11.0. The predicted molar refractivity (Wildman–Crippen MR) is 137 cm³/mol. The van der Waals surface area contributed by atoms with Crippen molar-refractivity contribution in [2.24, 2.45) is 0 Å². The summed E-state index contributed by atoms with van der Waals surface area (Å²) in [6, 6.07) is 24.0. The number of thioether (sulfide) groups is 1. The predicted octanol–water partition coefficient (Wildman–Crippen LogP) is 5.83. The lowest BCUT2D eigenvalue weighted by Gasteiger charge is -2.11. The van der Waals surface area contributed by atoms with Crippen LogP contribution in [0.5, 0.6) is 0 Å². The van der Waals surface area contributed by atoms with Crippen LogP contribution < -0.4 is 5.32 Å². The lowest BCUT2D eigenvalue weighted by Crippen LogP contribution is -2.14. The van der Waals surface area contributed by atoms with Gasteiger partial charge < -0.3 is 5.32 Å². The molecule has 0 saturated heterocycles. The number of benzene rings is 3. The topological polar surface area (TPSA) is 72.7 Å². The summed E-state index contributed by atoms with van der Waals surface area (Å²) in [5, 5.41) is 9.13. The van der Waals surface area contributed by atoms with Gasteiger partial charge in [-0.3, -0.25) is 4.79 Å². The summed E-state index contributed by atoms with van der Waals surface area (Å²) in [7, 11) is 0. The number of hydrogen-bond donors (Lipinski definition) is 1. The number of aromatic nitrogens is 4. The minimum atomic E-state index is -0.0957. The Hall–Kier alpha value is -3.97. The van der Waals surface area contributed by atoms with Crippen molar-refractivity contribution in [3.8, 4) is 16.8 Å². The van der Waals surface area contributed by atoms with Crippen LogP contribution in [-0.4, -0.2) is 31.4 Å². The highest BCUT2D eigenvalue weighted by molar-refractivity contribution is 8.00. The van der Waals surface area contributed by atoms with E-state index >= 15 is 0 Å². The first-order valence-electron chi connectivity index (χ1n) is 10.9. The smallest absolute Gasteiger partial charge is 0.234 e. The van der Waals surface area contributed by atoms with E-state index in [-0.39, 0.29) is 11.7 Å². The van der Waals surface area contributed by atoms with Crippen LogP contribution in [0.15, 0.2) is 90.3 Å². The quantitative estimate of drug-likeness (QED) is 0.252. The Morgan fingerprint density at radius 1 is 0.941 bits per heavy atom. The van der Waals surface area contributed by atoms with Gasteiger partial charge in [-0.2, -0.15) is 5.10 Å². The van der Waals surface area contributed by atoms with Gasteiger partial charge in [0, 0.05) is 11.3 Å². The van der Waals surface area contributed by atoms with Crippen molar-refractivity contribution in [1.29, 1.82) is 0 Å². The fourth-order valence-corrected chi connectivity index (χ4v) is 4.53. The number of nitrogens with zero attached hydrogens (tertiary/aromatic N) is 4. The Bertz CT molecular complexity index is 1480. The molecule has 0 radical (unpaired) electrons. The Balaban J connectivity index is 1.34. The molecule has 0 aliphatic carbocycles. The Morgan fingerprint density at radius 3 is 2.56 bits per heavy atom. The molecule has 0 saturated carbocycles. The highest BCUT2D eigenvalue weighted by Crippen LogP contribution is 2.29. The van der Waals surface area contributed by atoms with Crippen molar-refractivity contribution in [2.75, 3.05) is 11.1 Å². The van der Waals surface area contributed by atoms with Crippen molar-refractivity contribution >= 4 is 34.4 Å². The maximum absolute atomic E-state index is 12.8. The zero-order chi connectivity index (χ0) is 23.5. The molecule has 168 valence electrons. The summed E-state index contributed by atoms with van der Waals surface area (Å²) >= 11 is 1.38. The third kappa shape index (κ3) is 4.43. The van der Waals surface area contributed by atoms with Gasteiger partial charge in [-0.05, 0) is 48.7 Å². The third-order valence-electron chi connectivity index (χ3n) is 5.69. The average Bonchev–Trinajstić information content (AvgIpc) is 3.30. The molecule has 0 aliphatic rings. The van der Waals surface area contributed by atoms with Gasteiger partial charge in [-0.1, -0.05) is 66.4 Å². The molecule has 0 bridgehead atoms. The third-order valence-corrected chi connectivity index (χ3v) is 6.70. The zero-order valence-corrected chi connectivity index (χ0v) is 19.7. The van der Waals surface area contributed by atoms with Gasteiger partial charge in [-0.15, -0.1) is 0 Å². The molecular formula is C27H23N5OS. The van der Waals surface area contributed by atoms with Gasteiger partial charge in [-0.25, -0.2) is 14.6 Å². The molecule has 1 amide bonds. The standard InChI is InChI=1S/C27H23N5OS/c1-18-12-13-21(14-19(18)2)32-26-23(15-30-32)27(29-17-28-26)34-16-25(33)31-24-11-7-6-10-22(24)20-8-4-3-5-9-20/h3-15,17H,16H2,1-2H3,(H,31,33). The number of fused-ring (bicyclic) bond motifs is 1. The fraction of sp³-hybridized carbons (Fsp3) is 0.111. The van der Waals surface area contributed by atoms with Gasteiger partial charge >= 0.3 is 0 Å². The van der Waals surface area contributed by atoms with Gasteiger partial charge in [0.15, 0.2) is 5.65 Å². The molecule has 5 rings (SSSR count). The molecule has 0 unspecified atom stereocenters. The van der Waals surface area contributed by atoms with Gasteiger partial charge in [0.1, 0.15) is 11.4 Å². The maximum atomic E-state index is 12.8. The van der Waals surface area contributed by atoms with Gasteiger partial charge in [0.25, 0.3) is 0 Å². The molecule has 0 aliphatic heterocycles. The summed E-state index contributed by atoms with van der Waals surface area (Å²) in [6.07, 6.45) is 3.28. The molecule has 7 heteroatoms. The van der Waals surface area contributed by atoms with Crippen molar-refractivity contribution < 1.29 is 4.79 Å². The molecule has 6 nitrogen and oxygen atoms in total. The number of para-hydroxylation sites is 1. The molecule has 2 heterocycles. The number of aryl methyl sites for hydroxylation is 2. The molecule has 5 aromatic rings. The number of rotatable bonds is 6. The zero-order valence-electron chi connectivity index (χ0n) is 18.9. The van der Waals surface area contributed by atoms with E-state index in [2.05, 4.69) is 46.4 Å². The second kappa shape index (κ2) is 9.49. The lowest BCUT2D eigenvalue weighted by atomic mass is 10.0. The first kappa shape index (κ1) is 21.9. The SMILES string of the molecule is Cc1ccc(-n2ncc3c(SCC(=O)Nc4ccccc4-c4ccccc4)ncnc32)cc1C. The van der Waals surface area contributed by atoms with E-state index in [0.29, 0.717) is 0 Å². The van der Waals surface area contributed by atoms with E-state index in [9.17, 15) is 4.79 Å². The van der Waals surface area contributed by atoms with Crippen molar-refractivity contribution in [3.05, 3.63) is 96.4 Å². The number of hydrogen-bond acceptors (Lipinski definition) is 5. The summed E-state index contributed by atoms with van der Waals surface area (Å²) in [6.45, 7) is 4.16. The van der Waals surface area contributed by atoms with Crippen LogP contribution >= 0.6 is 11.8 Å². The van der Waals surface area contributed by atoms with Crippen LogP contribution in [0.1, 0.15) is 11.1 Å². The van der Waals surface area contributed by atoms with Crippen LogP contribution in [0.3, 0.4) is 0 Å². The Morgan fingerprint density at radius 2 is 1.74 bits per heavy atom. The molecule has 34 heavy (non-hydrogen) atoms. The van der Waals surface area contributed by atoms with E-state index in [1.54, 1.807) is 6.20 Å². The first-order valence-corrected chi connectivity index (χ1v) is 11.9. The van der Waals surface area contributed by atoms with E-state index in [1.165, 1.54) is 29.2 Å². The number of nitrogens with one attached hydrogen (secondary N) is 1. The van der Waals surface area contributed by atoms with Gasteiger partial charge in [0.2, 0.25) is 5.91 Å². The van der Waals surface area contributed by atoms with E-state index < -0.39 is 0 Å². The molecule has 0 atom stereocenters. The lowest BCUT2D eigenvalue weighted by molar-refractivity contribution is -0.113. The van der Waals surface area contributed by atoms with E-state index in [1.807, 2.05) is 65.3 Å². The van der Waals surface area contributed by atoms with Crippen LogP contribution in [0, 0.1) is 13.8 Å².